The number of ketones is 1. The number of thioether (sulfide) groups is 1. The van der Waals surface area contributed by atoms with Gasteiger partial charge in [0.1, 0.15) is 4.83 Å². The first-order valence-electron chi connectivity index (χ1n) is 11.1. The highest BCUT2D eigenvalue weighted by Crippen LogP contribution is 2.30. The summed E-state index contributed by atoms with van der Waals surface area (Å²) in [5, 5.41) is 4.04. The van der Waals surface area contributed by atoms with Gasteiger partial charge in [-0.3, -0.25) is 19.0 Å². The molecule has 1 aromatic carbocycles. The number of ether oxygens (including phenoxy) is 1. The van der Waals surface area contributed by atoms with E-state index < -0.39 is 0 Å². The molecular formula is C24H27N3O4S2. The summed E-state index contributed by atoms with van der Waals surface area (Å²) in [6.07, 6.45) is 2.65. The van der Waals surface area contributed by atoms with E-state index in [1.165, 1.54) is 30.0 Å². The average Bonchev–Trinajstić information content (AvgIpc) is 3.41. The Kier molecular flexibility index (Phi) is 7.31. The number of amides is 1. The summed E-state index contributed by atoms with van der Waals surface area (Å²) in [6.45, 7) is 6.70. The second-order valence-electron chi connectivity index (χ2n) is 8.09. The molecule has 0 bridgehead atoms. The molecule has 1 aliphatic rings. The SMILES string of the molecule is CCc1c(C)sc2nc(SCC(=O)Nc3cccc(C(C)=O)c3)n(CC3CCCO3)c(=O)c12. The third-order valence-corrected chi connectivity index (χ3v) is 7.74. The predicted octanol–water partition coefficient (Wildman–Crippen LogP) is 4.44. The van der Waals surface area contributed by atoms with Crippen LogP contribution in [0.5, 0.6) is 0 Å². The van der Waals surface area contributed by atoms with Crippen LogP contribution in [0.2, 0.25) is 0 Å². The van der Waals surface area contributed by atoms with Gasteiger partial charge < -0.3 is 10.1 Å². The van der Waals surface area contributed by atoms with Crippen molar-refractivity contribution in [1.29, 1.82) is 0 Å². The lowest BCUT2D eigenvalue weighted by Gasteiger charge is -2.16. The van der Waals surface area contributed by atoms with Crippen molar-refractivity contribution in [2.75, 3.05) is 17.7 Å². The smallest absolute Gasteiger partial charge is 0.263 e. The average molecular weight is 486 g/mol. The monoisotopic (exact) mass is 485 g/mol. The molecular weight excluding hydrogens is 458 g/mol. The van der Waals surface area contributed by atoms with Crippen molar-refractivity contribution < 1.29 is 14.3 Å². The number of thiophene rings is 1. The second-order valence-corrected chi connectivity index (χ2v) is 10.2. The van der Waals surface area contributed by atoms with E-state index in [-0.39, 0.29) is 29.1 Å². The molecule has 174 valence electrons. The number of hydrogen-bond acceptors (Lipinski definition) is 7. The topological polar surface area (TPSA) is 90.3 Å². The van der Waals surface area contributed by atoms with Gasteiger partial charge in [-0.05, 0) is 50.8 Å². The Bertz CT molecular complexity index is 1260. The van der Waals surface area contributed by atoms with Crippen LogP contribution in [0.4, 0.5) is 5.69 Å². The number of aryl methyl sites for hydroxylation is 2. The van der Waals surface area contributed by atoms with E-state index in [0.29, 0.717) is 34.9 Å². The largest absolute Gasteiger partial charge is 0.376 e. The summed E-state index contributed by atoms with van der Waals surface area (Å²) >= 11 is 2.77. The van der Waals surface area contributed by atoms with Crippen molar-refractivity contribution in [3.63, 3.8) is 0 Å². The Morgan fingerprint density at radius 1 is 1.36 bits per heavy atom. The lowest BCUT2D eigenvalue weighted by atomic mass is 10.1. The minimum absolute atomic E-state index is 0.0192. The van der Waals surface area contributed by atoms with Gasteiger partial charge in [0.2, 0.25) is 5.91 Å². The van der Waals surface area contributed by atoms with Gasteiger partial charge in [-0.1, -0.05) is 30.8 Å². The molecule has 3 aromatic rings. The van der Waals surface area contributed by atoms with Crippen LogP contribution in [-0.4, -0.2) is 39.7 Å². The number of anilines is 1. The van der Waals surface area contributed by atoms with Gasteiger partial charge in [0.05, 0.1) is 23.8 Å². The molecule has 3 heterocycles. The number of nitrogens with one attached hydrogen (secondary N) is 1. The zero-order valence-corrected chi connectivity index (χ0v) is 20.6. The van der Waals surface area contributed by atoms with Gasteiger partial charge in [0.15, 0.2) is 10.9 Å². The molecule has 1 unspecified atom stereocenters. The first-order chi connectivity index (χ1) is 15.9. The number of carbonyl (C=O) groups is 2. The minimum Gasteiger partial charge on any atom is -0.376 e. The highest BCUT2D eigenvalue weighted by atomic mass is 32.2. The highest BCUT2D eigenvalue weighted by Gasteiger charge is 2.23. The minimum atomic E-state index is -0.227. The maximum atomic E-state index is 13.5. The molecule has 33 heavy (non-hydrogen) atoms. The summed E-state index contributed by atoms with van der Waals surface area (Å²) in [5.74, 6) is -0.192. The number of nitrogens with zero attached hydrogens (tertiary/aromatic N) is 2. The molecule has 0 aliphatic carbocycles. The third kappa shape index (κ3) is 5.20. The van der Waals surface area contributed by atoms with Gasteiger partial charge in [-0.2, -0.15) is 0 Å². The van der Waals surface area contributed by atoms with E-state index in [1.54, 1.807) is 28.8 Å². The number of fused-ring (bicyclic) bond motifs is 1. The van der Waals surface area contributed by atoms with Crippen LogP contribution in [0.1, 0.15) is 47.5 Å². The van der Waals surface area contributed by atoms with Crippen LogP contribution in [0.25, 0.3) is 10.2 Å². The van der Waals surface area contributed by atoms with Gasteiger partial charge in [0, 0.05) is 22.7 Å². The summed E-state index contributed by atoms with van der Waals surface area (Å²) in [5.41, 5.74) is 2.09. The number of carbonyl (C=O) groups excluding carboxylic acids is 2. The molecule has 7 nitrogen and oxygen atoms in total. The lowest BCUT2D eigenvalue weighted by molar-refractivity contribution is -0.113. The lowest BCUT2D eigenvalue weighted by Crippen LogP contribution is -2.29. The summed E-state index contributed by atoms with van der Waals surface area (Å²) in [6, 6.07) is 6.85. The fourth-order valence-corrected chi connectivity index (χ4v) is 6.03. The first kappa shape index (κ1) is 23.7. The number of hydrogen-bond donors (Lipinski definition) is 1. The van der Waals surface area contributed by atoms with Crippen LogP contribution in [0, 0.1) is 6.92 Å². The molecule has 1 amide bonds. The van der Waals surface area contributed by atoms with E-state index in [4.69, 9.17) is 9.72 Å². The van der Waals surface area contributed by atoms with E-state index in [9.17, 15) is 14.4 Å². The molecule has 1 saturated heterocycles. The van der Waals surface area contributed by atoms with Crippen LogP contribution in [-0.2, 0) is 22.5 Å². The van der Waals surface area contributed by atoms with Crippen LogP contribution < -0.4 is 10.9 Å². The second kappa shape index (κ2) is 10.2. The molecule has 9 heteroatoms. The van der Waals surface area contributed by atoms with Crippen molar-refractivity contribution >= 4 is 50.7 Å². The zero-order chi connectivity index (χ0) is 23.5. The number of rotatable bonds is 8. The molecule has 0 saturated carbocycles. The molecule has 2 aromatic heterocycles. The normalized spacial score (nSPS) is 15.8. The van der Waals surface area contributed by atoms with Crippen LogP contribution in [0.3, 0.4) is 0 Å². The van der Waals surface area contributed by atoms with Crippen molar-refractivity contribution in [3.8, 4) is 0 Å². The van der Waals surface area contributed by atoms with Gasteiger partial charge in [0.25, 0.3) is 5.56 Å². The van der Waals surface area contributed by atoms with E-state index in [0.717, 1.165) is 34.5 Å². The van der Waals surface area contributed by atoms with E-state index in [1.807, 2.05) is 13.8 Å². The van der Waals surface area contributed by atoms with Crippen molar-refractivity contribution in [1.82, 2.24) is 9.55 Å². The molecule has 0 radical (unpaired) electrons. The summed E-state index contributed by atoms with van der Waals surface area (Å²) in [4.78, 5) is 44.3. The Morgan fingerprint density at radius 3 is 2.88 bits per heavy atom. The van der Waals surface area contributed by atoms with E-state index in [2.05, 4.69) is 5.32 Å². The van der Waals surface area contributed by atoms with Crippen LogP contribution in [0.15, 0.2) is 34.2 Å². The van der Waals surface area contributed by atoms with Gasteiger partial charge >= 0.3 is 0 Å². The van der Waals surface area contributed by atoms with Gasteiger partial charge in [-0.15, -0.1) is 11.3 Å². The molecule has 1 N–H and O–H groups in total. The fraction of sp³-hybridized carbons (Fsp3) is 0.417. The fourth-order valence-electron chi connectivity index (χ4n) is 4.06. The first-order valence-corrected chi connectivity index (χ1v) is 12.9. The quantitative estimate of drug-likeness (QED) is 0.288. The number of aromatic nitrogens is 2. The number of benzene rings is 1. The van der Waals surface area contributed by atoms with Crippen molar-refractivity contribution in [3.05, 3.63) is 50.6 Å². The Hall–Kier alpha value is -2.49. The van der Waals surface area contributed by atoms with Crippen LogP contribution >= 0.6 is 23.1 Å². The summed E-state index contributed by atoms with van der Waals surface area (Å²) in [7, 11) is 0. The van der Waals surface area contributed by atoms with Crippen molar-refractivity contribution in [2.45, 2.75) is 57.8 Å². The molecule has 4 rings (SSSR count). The Labute approximate surface area is 200 Å². The zero-order valence-electron chi connectivity index (χ0n) is 19.0. The third-order valence-electron chi connectivity index (χ3n) is 5.73. The molecule has 1 aliphatic heterocycles. The standard InChI is InChI=1S/C24H27N3O4S2/c1-4-19-15(3)33-22-21(19)23(30)27(12-18-9-6-10-31-18)24(26-22)32-13-20(29)25-17-8-5-7-16(11-17)14(2)28/h5,7-8,11,18H,4,6,9-10,12-13H2,1-3H3,(H,25,29). The Morgan fingerprint density at radius 2 is 2.18 bits per heavy atom. The van der Waals surface area contributed by atoms with Crippen molar-refractivity contribution in [2.24, 2.45) is 0 Å². The molecule has 1 fully saturated rings. The Balaban J connectivity index is 1.59. The highest BCUT2D eigenvalue weighted by molar-refractivity contribution is 7.99. The molecule has 1 atom stereocenters. The molecule has 0 spiro atoms. The van der Waals surface area contributed by atoms with Gasteiger partial charge in [-0.25, -0.2) is 4.98 Å². The number of Topliss-reactive ketones (excluding diaryl/α,β-unsaturated/α-hetero) is 1. The summed E-state index contributed by atoms with van der Waals surface area (Å²) < 4.78 is 7.45. The maximum absolute atomic E-state index is 13.5. The van der Waals surface area contributed by atoms with E-state index >= 15 is 0 Å². The predicted molar refractivity (Wildman–Crippen MR) is 133 cm³/mol. The maximum Gasteiger partial charge on any atom is 0.263 e.